The Morgan fingerprint density at radius 3 is 2.56 bits per heavy atom. The summed E-state index contributed by atoms with van der Waals surface area (Å²) in [4.78, 5) is 24.6. The van der Waals surface area contributed by atoms with E-state index in [1.807, 2.05) is 24.3 Å². The van der Waals surface area contributed by atoms with Gasteiger partial charge in [0.15, 0.2) is 6.61 Å². The quantitative estimate of drug-likeness (QED) is 0.620. The van der Waals surface area contributed by atoms with Gasteiger partial charge in [-0.1, -0.05) is 0 Å². The van der Waals surface area contributed by atoms with Crippen LogP contribution in [0.25, 0.3) is 0 Å². The van der Waals surface area contributed by atoms with E-state index in [0.717, 1.165) is 32.0 Å². The maximum atomic E-state index is 12.1. The number of nitrogens with zero attached hydrogens (tertiary/aromatic N) is 2. The molecule has 1 heterocycles. The lowest BCUT2D eigenvalue weighted by Gasteiger charge is -2.28. The number of rotatable bonds is 6. The number of carbonyl (C=O) groups excluding carboxylic acids is 1. The first kappa shape index (κ1) is 18.7. The zero-order valence-electron chi connectivity index (χ0n) is 15.0. The van der Waals surface area contributed by atoms with Gasteiger partial charge in [-0.05, 0) is 42.8 Å². The van der Waals surface area contributed by atoms with Gasteiger partial charge in [-0.15, -0.1) is 0 Å². The van der Waals surface area contributed by atoms with E-state index in [0.29, 0.717) is 17.0 Å². The largest absolute Gasteiger partial charge is 0.483 e. The molecule has 0 aromatic heterocycles. The number of hydrogen-bond acceptors (Lipinski definition) is 6. The van der Waals surface area contributed by atoms with E-state index < -0.39 is 4.92 Å². The second-order valence-corrected chi connectivity index (χ2v) is 6.19. The highest BCUT2D eigenvalue weighted by atomic mass is 16.6. The number of nitro groups is 1. The second-order valence-electron chi connectivity index (χ2n) is 6.19. The number of anilines is 2. The highest BCUT2D eigenvalue weighted by Crippen LogP contribution is 2.23. The molecular formula is C19H21N3O5. The normalized spacial score (nSPS) is 13.9. The summed E-state index contributed by atoms with van der Waals surface area (Å²) >= 11 is 0. The van der Waals surface area contributed by atoms with Crippen LogP contribution in [0.2, 0.25) is 0 Å². The number of aryl methyl sites for hydroxylation is 1. The van der Waals surface area contributed by atoms with E-state index in [2.05, 4.69) is 10.2 Å². The molecule has 2 aromatic carbocycles. The Bertz CT molecular complexity index is 817. The van der Waals surface area contributed by atoms with E-state index in [9.17, 15) is 14.9 Å². The molecule has 0 aliphatic carbocycles. The predicted octanol–water partition coefficient (Wildman–Crippen LogP) is 2.76. The topological polar surface area (TPSA) is 93.9 Å². The summed E-state index contributed by atoms with van der Waals surface area (Å²) in [5, 5.41) is 13.5. The van der Waals surface area contributed by atoms with Gasteiger partial charge >= 0.3 is 0 Å². The second kappa shape index (κ2) is 8.50. The summed E-state index contributed by atoms with van der Waals surface area (Å²) in [7, 11) is 0. The summed E-state index contributed by atoms with van der Waals surface area (Å²) in [6.07, 6.45) is 0. The molecule has 1 amide bonds. The maximum Gasteiger partial charge on any atom is 0.269 e. The summed E-state index contributed by atoms with van der Waals surface area (Å²) in [5.74, 6) is 0.144. The lowest BCUT2D eigenvalue weighted by atomic mass is 10.2. The van der Waals surface area contributed by atoms with E-state index in [4.69, 9.17) is 9.47 Å². The van der Waals surface area contributed by atoms with Crippen LogP contribution in [0.15, 0.2) is 42.5 Å². The molecule has 1 saturated heterocycles. The van der Waals surface area contributed by atoms with Crippen molar-refractivity contribution in [1.82, 2.24) is 0 Å². The van der Waals surface area contributed by atoms with Gasteiger partial charge in [0.1, 0.15) is 5.75 Å². The van der Waals surface area contributed by atoms with Gasteiger partial charge in [-0.25, -0.2) is 0 Å². The van der Waals surface area contributed by atoms with Crippen LogP contribution in [-0.2, 0) is 9.53 Å². The van der Waals surface area contributed by atoms with Gasteiger partial charge in [0, 0.05) is 36.6 Å². The SMILES string of the molecule is Cc1cc([N+](=O)[O-])ccc1OCC(=O)Nc1ccc(N2CCOCC2)cc1. The Morgan fingerprint density at radius 2 is 1.93 bits per heavy atom. The molecule has 0 bridgehead atoms. The lowest BCUT2D eigenvalue weighted by molar-refractivity contribution is -0.384. The first-order valence-electron chi connectivity index (χ1n) is 8.63. The maximum absolute atomic E-state index is 12.1. The van der Waals surface area contributed by atoms with Gasteiger partial charge in [0.2, 0.25) is 0 Å². The minimum Gasteiger partial charge on any atom is -0.483 e. The Kier molecular flexibility index (Phi) is 5.87. The third-order valence-corrected chi connectivity index (χ3v) is 4.26. The van der Waals surface area contributed by atoms with Gasteiger partial charge in [0.05, 0.1) is 18.1 Å². The fourth-order valence-corrected chi connectivity index (χ4v) is 2.83. The van der Waals surface area contributed by atoms with Crippen molar-refractivity contribution >= 4 is 23.0 Å². The number of nitro benzene ring substituents is 1. The molecule has 0 spiro atoms. The number of morpholine rings is 1. The highest BCUT2D eigenvalue weighted by Gasteiger charge is 2.12. The molecule has 2 aromatic rings. The summed E-state index contributed by atoms with van der Waals surface area (Å²) in [5.41, 5.74) is 2.37. The van der Waals surface area contributed by atoms with Crippen molar-refractivity contribution in [3.8, 4) is 5.75 Å². The highest BCUT2D eigenvalue weighted by molar-refractivity contribution is 5.92. The van der Waals surface area contributed by atoms with Crippen LogP contribution in [0.4, 0.5) is 17.1 Å². The monoisotopic (exact) mass is 371 g/mol. The number of non-ortho nitro benzene ring substituents is 1. The van der Waals surface area contributed by atoms with Gasteiger partial charge in [0.25, 0.3) is 11.6 Å². The van der Waals surface area contributed by atoms with Crippen LogP contribution in [0.5, 0.6) is 5.75 Å². The number of benzene rings is 2. The van der Waals surface area contributed by atoms with Gasteiger partial charge < -0.3 is 19.7 Å². The van der Waals surface area contributed by atoms with E-state index in [1.165, 1.54) is 18.2 Å². The number of ether oxygens (including phenoxy) is 2. The Morgan fingerprint density at radius 1 is 1.22 bits per heavy atom. The summed E-state index contributed by atoms with van der Waals surface area (Å²) < 4.78 is 10.8. The zero-order chi connectivity index (χ0) is 19.2. The standard InChI is InChI=1S/C19H21N3O5/c1-14-12-17(22(24)25)6-7-18(14)27-13-19(23)20-15-2-4-16(5-3-15)21-8-10-26-11-9-21/h2-7,12H,8-11,13H2,1H3,(H,20,23). The Hall–Kier alpha value is -3.13. The predicted molar refractivity (Wildman–Crippen MR) is 101 cm³/mol. The molecule has 1 aliphatic rings. The first-order valence-corrected chi connectivity index (χ1v) is 8.63. The van der Waals surface area contributed by atoms with Crippen LogP contribution >= 0.6 is 0 Å². The Labute approximate surface area is 156 Å². The van der Waals surface area contributed by atoms with Crippen molar-refractivity contribution in [3.63, 3.8) is 0 Å². The molecule has 3 rings (SSSR count). The molecule has 8 nitrogen and oxygen atoms in total. The van der Waals surface area contributed by atoms with Crippen LogP contribution in [0, 0.1) is 17.0 Å². The zero-order valence-corrected chi connectivity index (χ0v) is 15.0. The van der Waals surface area contributed by atoms with Gasteiger partial charge in [-0.2, -0.15) is 0 Å². The minimum absolute atomic E-state index is 0.00957. The molecule has 27 heavy (non-hydrogen) atoms. The summed E-state index contributed by atoms with van der Waals surface area (Å²) in [6, 6.07) is 11.9. The fourth-order valence-electron chi connectivity index (χ4n) is 2.83. The third kappa shape index (κ3) is 4.95. The van der Waals surface area contributed by atoms with Crippen LogP contribution in [0.1, 0.15) is 5.56 Å². The molecule has 0 saturated carbocycles. The fraction of sp³-hybridized carbons (Fsp3) is 0.316. The van der Waals surface area contributed by atoms with E-state index >= 15 is 0 Å². The lowest BCUT2D eigenvalue weighted by Crippen LogP contribution is -2.36. The van der Waals surface area contributed by atoms with Crippen molar-refractivity contribution in [1.29, 1.82) is 0 Å². The van der Waals surface area contributed by atoms with Crippen LogP contribution in [0.3, 0.4) is 0 Å². The van der Waals surface area contributed by atoms with Gasteiger partial charge in [-0.3, -0.25) is 14.9 Å². The molecule has 1 N–H and O–H groups in total. The first-order chi connectivity index (χ1) is 13.0. The van der Waals surface area contributed by atoms with Crippen molar-refractivity contribution in [3.05, 3.63) is 58.1 Å². The van der Waals surface area contributed by atoms with Crippen molar-refractivity contribution in [2.45, 2.75) is 6.92 Å². The van der Waals surface area contributed by atoms with E-state index in [1.54, 1.807) is 6.92 Å². The molecule has 0 atom stereocenters. The molecular weight excluding hydrogens is 350 g/mol. The smallest absolute Gasteiger partial charge is 0.269 e. The number of amides is 1. The van der Waals surface area contributed by atoms with E-state index in [-0.39, 0.29) is 18.2 Å². The average molecular weight is 371 g/mol. The van der Waals surface area contributed by atoms with Crippen molar-refractivity contribution in [2.24, 2.45) is 0 Å². The molecule has 0 radical (unpaired) electrons. The van der Waals surface area contributed by atoms with Crippen LogP contribution < -0.4 is 15.0 Å². The minimum atomic E-state index is -0.468. The molecule has 142 valence electrons. The summed E-state index contributed by atoms with van der Waals surface area (Å²) in [6.45, 7) is 4.67. The number of nitrogens with one attached hydrogen (secondary N) is 1. The third-order valence-electron chi connectivity index (χ3n) is 4.26. The Balaban J connectivity index is 1.52. The number of hydrogen-bond donors (Lipinski definition) is 1. The molecule has 0 unspecified atom stereocenters. The molecule has 1 aliphatic heterocycles. The number of carbonyl (C=O) groups is 1. The molecule has 8 heteroatoms. The average Bonchev–Trinajstić information content (AvgIpc) is 2.68. The van der Waals surface area contributed by atoms with Crippen molar-refractivity contribution < 1.29 is 19.2 Å². The van der Waals surface area contributed by atoms with Crippen molar-refractivity contribution in [2.75, 3.05) is 43.1 Å². The van der Waals surface area contributed by atoms with Crippen LogP contribution in [-0.4, -0.2) is 43.7 Å². The molecule has 1 fully saturated rings.